The standard InChI is InChI=1S/C17H33N3O/c1-4-8-17(9-5-10-18-14-17)16(21)20-11-6-15(7-12-20)13-19(2)3/h15,18H,4-14H2,1-3H3. The van der Waals surface area contributed by atoms with Gasteiger partial charge in [0, 0.05) is 26.2 Å². The summed E-state index contributed by atoms with van der Waals surface area (Å²) in [4.78, 5) is 17.5. The van der Waals surface area contributed by atoms with Crippen LogP contribution >= 0.6 is 0 Å². The quantitative estimate of drug-likeness (QED) is 0.842. The van der Waals surface area contributed by atoms with Crippen LogP contribution < -0.4 is 5.32 Å². The summed E-state index contributed by atoms with van der Waals surface area (Å²) in [6.45, 7) is 7.24. The Hall–Kier alpha value is -0.610. The van der Waals surface area contributed by atoms with Gasteiger partial charge in [-0.3, -0.25) is 4.79 Å². The molecule has 2 rings (SSSR count). The minimum atomic E-state index is -0.110. The maximum Gasteiger partial charge on any atom is 0.230 e. The molecule has 4 heteroatoms. The predicted molar refractivity (Wildman–Crippen MR) is 87.3 cm³/mol. The average Bonchev–Trinajstić information content (AvgIpc) is 2.48. The summed E-state index contributed by atoms with van der Waals surface area (Å²) in [6.07, 6.45) is 6.69. The number of amides is 1. The molecule has 0 aliphatic carbocycles. The number of carbonyl (C=O) groups is 1. The van der Waals surface area contributed by atoms with E-state index in [1.54, 1.807) is 0 Å². The van der Waals surface area contributed by atoms with Crippen LogP contribution in [-0.2, 0) is 4.79 Å². The van der Waals surface area contributed by atoms with E-state index in [0.29, 0.717) is 5.91 Å². The Bertz CT molecular complexity index is 323. The molecule has 0 aromatic rings. The fourth-order valence-electron chi connectivity index (χ4n) is 4.12. The summed E-state index contributed by atoms with van der Waals surface area (Å²) < 4.78 is 0. The van der Waals surface area contributed by atoms with Crippen LogP contribution in [0.3, 0.4) is 0 Å². The van der Waals surface area contributed by atoms with Gasteiger partial charge >= 0.3 is 0 Å². The number of nitrogens with one attached hydrogen (secondary N) is 1. The van der Waals surface area contributed by atoms with E-state index in [1.165, 1.54) is 12.8 Å². The summed E-state index contributed by atoms with van der Waals surface area (Å²) in [7, 11) is 4.28. The second-order valence-electron chi connectivity index (χ2n) is 7.31. The van der Waals surface area contributed by atoms with E-state index in [4.69, 9.17) is 0 Å². The third-order valence-corrected chi connectivity index (χ3v) is 5.18. The van der Waals surface area contributed by atoms with Gasteiger partial charge in [-0.1, -0.05) is 13.3 Å². The van der Waals surface area contributed by atoms with Crippen molar-refractivity contribution in [3.05, 3.63) is 0 Å². The topological polar surface area (TPSA) is 35.6 Å². The molecule has 2 heterocycles. The molecule has 0 spiro atoms. The molecule has 0 radical (unpaired) electrons. The molecule has 1 N–H and O–H groups in total. The van der Waals surface area contributed by atoms with E-state index in [2.05, 4.69) is 36.1 Å². The Balaban J connectivity index is 1.93. The van der Waals surface area contributed by atoms with Gasteiger partial charge in [0.1, 0.15) is 0 Å². The fraction of sp³-hybridized carbons (Fsp3) is 0.941. The van der Waals surface area contributed by atoms with Crippen LogP contribution in [0.1, 0.15) is 45.4 Å². The molecule has 1 atom stereocenters. The highest BCUT2D eigenvalue weighted by molar-refractivity contribution is 5.83. The van der Waals surface area contributed by atoms with Crippen LogP contribution in [0.5, 0.6) is 0 Å². The SMILES string of the molecule is CCCC1(C(=O)N2CCC(CN(C)C)CC2)CCCNC1. The third kappa shape index (κ3) is 4.19. The van der Waals surface area contributed by atoms with Crippen LogP contribution in [0.2, 0.25) is 0 Å². The number of rotatable bonds is 5. The fourth-order valence-corrected chi connectivity index (χ4v) is 4.12. The minimum Gasteiger partial charge on any atom is -0.342 e. The van der Waals surface area contributed by atoms with Gasteiger partial charge < -0.3 is 15.1 Å². The lowest BCUT2D eigenvalue weighted by Gasteiger charge is -2.42. The largest absolute Gasteiger partial charge is 0.342 e. The highest BCUT2D eigenvalue weighted by Crippen LogP contribution is 2.35. The van der Waals surface area contributed by atoms with Gasteiger partial charge in [0.15, 0.2) is 0 Å². The number of likely N-dealkylation sites (tertiary alicyclic amines) is 1. The Morgan fingerprint density at radius 1 is 1.33 bits per heavy atom. The zero-order valence-corrected chi connectivity index (χ0v) is 14.2. The lowest BCUT2D eigenvalue weighted by Crippen LogP contribution is -2.53. The molecule has 0 saturated carbocycles. The lowest BCUT2D eigenvalue weighted by atomic mass is 9.75. The second-order valence-corrected chi connectivity index (χ2v) is 7.31. The van der Waals surface area contributed by atoms with E-state index < -0.39 is 0 Å². The first-order valence-electron chi connectivity index (χ1n) is 8.72. The molecule has 1 unspecified atom stereocenters. The Labute approximate surface area is 130 Å². The summed E-state index contributed by atoms with van der Waals surface area (Å²) in [5.74, 6) is 1.19. The van der Waals surface area contributed by atoms with Crippen LogP contribution in [0.25, 0.3) is 0 Å². The van der Waals surface area contributed by atoms with Gasteiger partial charge in [0.2, 0.25) is 5.91 Å². The van der Waals surface area contributed by atoms with Crippen molar-refractivity contribution in [2.45, 2.75) is 45.4 Å². The highest BCUT2D eigenvalue weighted by Gasteiger charge is 2.41. The lowest BCUT2D eigenvalue weighted by molar-refractivity contribution is -0.145. The van der Waals surface area contributed by atoms with Crippen molar-refractivity contribution in [3.63, 3.8) is 0 Å². The molecule has 0 aromatic heterocycles. The molecule has 122 valence electrons. The molecule has 0 bridgehead atoms. The number of piperidine rings is 2. The zero-order chi connectivity index (χ0) is 15.3. The number of hydrogen-bond acceptors (Lipinski definition) is 3. The van der Waals surface area contributed by atoms with E-state index in [0.717, 1.165) is 64.3 Å². The van der Waals surface area contributed by atoms with Gasteiger partial charge in [-0.15, -0.1) is 0 Å². The summed E-state index contributed by atoms with van der Waals surface area (Å²) >= 11 is 0. The summed E-state index contributed by atoms with van der Waals surface area (Å²) in [6, 6.07) is 0. The molecular weight excluding hydrogens is 262 g/mol. The highest BCUT2D eigenvalue weighted by atomic mass is 16.2. The summed E-state index contributed by atoms with van der Waals surface area (Å²) in [5.41, 5.74) is -0.110. The normalized spacial score (nSPS) is 28.1. The molecule has 2 saturated heterocycles. The zero-order valence-electron chi connectivity index (χ0n) is 14.2. The number of hydrogen-bond donors (Lipinski definition) is 1. The van der Waals surface area contributed by atoms with Crippen LogP contribution in [0.15, 0.2) is 0 Å². The molecule has 1 amide bonds. The molecule has 0 aromatic carbocycles. The maximum atomic E-state index is 13.1. The average molecular weight is 295 g/mol. The van der Waals surface area contributed by atoms with Crippen LogP contribution in [0, 0.1) is 11.3 Å². The van der Waals surface area contributed by atoms with Gasteiger partial charge in [0.05, 0.1) is 5.41 Å². The van der Waals surface area contributed by atoms with Gasteiger partial charge in [-0.05, 0) is 58.7 Å². The molecule has 2 aliphatic heterocycles. The number of carbonyl (C=O) groups excluding carboxylic acids is 1. The van der Waals surface area contributed by atoms with E-state index >= 15 is 0 Å². The van der Waals surface area contributed by atoms with Gasteiger partial charge in [-0.2, -0.15) is 0 Å². The smallest absolute Gasteiger partial charge is 0.230 e. The summed E-state index contributed by atoms with van der Waals surface area (Å²) in [5, 5.41) is 3.46. The van der Waals surface area contributed by atoms with Crippen molar-refractivity contribution in [1.82, 2.24) is 15.1 Å². The van der Waals surface area contributed by atoms with E-state index in [-0.39, 0.29) is 5.41 Å². The third-order valence-electron chi connectivity index (χ3n) is 5.18. The monoisotopic (exact) mass is 295 g/mol. The first kappa shape index (κ1) is 16.8. The molecule has 2 fully saturated rings. The van der Waals surface area contributed by atoms with Crippen molar-refractivity contribution in [2.75, 3.05) is 46.8 Å². The van der Waals surface area contributed by atoms with Crippen molar-refractivity contribution in [1.29, 1.82) is 0 Å². The molecular formula is C17H33N3O. The predicted octanol–water partition coefficient (Wildman–Crippen LogP) is 1.96. The van der Waals surface area contributed by atoms with Crippen LogP contribution in [0.4, 0.5) is 0 Å². The van der Waals surface area contributed by atoms with E-state index in [9.17, 15) is 4.79 Å². The first-order chi connectivity index (χ1) is 10.1. The van der Waals surface area contributed by atoms with Crippen molar-refractivity contribution in [2.24, 2.45) is 11.3 Å². The van der Waals surface area contributed by atoms with Crippen molar-refractivity contribution >= 4 is 5.91 Å². The minimum absolute atomic E-state index is 0.110. The number of nitrogens with zero attached hydrogens (tertiary/aromatic N) is 2. The van der Waals surface area contributed by atoms with Crippen LogP contribution in [-0.4, -0.2) is 62.5 Å². The van der Waals surface area contributed by atoms with Crippen molar-refractivity contribution in [3.8, 4) is 0 Å². The van der Waals surface area contributed by atoms with E-state index in [1.807, 2.05) is 0 Å². The molecule has 2 aliphatic rings. The molecule has 4 nitrogen and oxygen atoms in total. The molecule has 21 heavy (non-hydrogen) atoms. The van der Waals surface area contributed by atoms with Gasteiger partial charge in [-0.25, -0.2) is 0 Å². The Kier molecular flexibility index (Phi) is 6.06. The Morgan fingerprint density at radius 2 is 2.05 bits per heavy atom. The first-order valence-corrected chi connectivity index (χ1v) is 8.72. The van der Waals surface area contributed by atoms with Crippen molar-refractivity contribution < 1.29 is 4.79 Å². The second kappa shape index (κ2) is 7.59. The maximum absolute atomic E-state index is 13.1. The Morgan fingerprint density at radius 3 is 2.57 bits per heavy atom. The van der Waals surface area contributed by atoms with Gasteiger partial charge in [0.25, 0.3) is 0 Å².